The number of halogens is 3. The van der Waals surface area contributed by atoms with Crippen LogP contribution >= 0.6 is 0 Å². The second-order valence-electron chi connectivity index (χ2n) is 6.80. The quantitative estimate of drug-likeness (QED) is 0.595. The van der Waals surface area contributed by atoms with Gasteiger partial charge < -0.3 is 4.57 Å². The molecule has 1 heterocycles. The average molecular weight is 329 g/mol. The first-order valence-electron chi connectivity index (χ1n) is 8.18. The summed E-state index contributed by atoms with van der Waals surface area (Å²) in [5.41, 5.74) is 3.93. The van der Waals surface area contributed by atoms with Gasteiger partial charge in [0, 0.05) is 29.1 Å². The number of hydrogen-bond acceptors (Lipinski definition) is 0. The normalized spacial score (nSPS) is 23.6. The molecule has 2 atom stereocenters. The SMILES string of the molecule is Cc1ccc2c(c1)c1c(n2C2CC(F)=CC(F)=C2F)C=CC(C)C1. The van der Waals surface area contributed by atoms with Crippen LogP contribution in [0.4, 0.5) is 13.2 Å². The fraction of sp³-hybridized carbons (Fsp3) is 0.300. The fourth-order valence-corrected chi connectivity index (χ4v) is 3.79. The van der Waals surface area contributed by atoms with Crippen LogP contribution in [-0.2, 0) is 6.42 Å². The van der Waals surface area contributed by atoms with E-state index in [-0.39, 0.29) is 6.42 Å². The molecule has 1 aromatic carbocycles. The highest BCUT2D eigenvalue weighted by molar-refractivity contribution is 5.90. The van der Waals surface area contributed by atoms with Crippen molar-refractivity contribution < 1.29 is 13.2 Å². The van der Waals surface area contributed by atoms with Crippen LogP contribution in [0.5, 0.6) is 0 Å². The lowest BCUT2D eigenvalue weighted by Crippen LogP contribution is -2.16. The van der Waals surface area contributed by atoms with Crippen molar-refractivity contribution in [2.24, 2.45) is 5.92 Å². The van der Waals surface area contributed by atoms with Gasteiger partial charge >= 0.3 is 0 Å². The molecule has 2 aromatic rings. The topological polar surface area (TPSA) is 4.93 Å². The van der Waals surface area contributed by atoms with E-state index >= 15 is 0 Å². The van der Waals surface area contributed by atoms with Gasteiger partial charge in [0.15, 0.2) is 11.7 Å². The van der Waals surface area contributed by atoms with Crippen LogP contribution in [-0.4, -0.2) is 4.57 Å². The fourth-order valence-electron chi connectivity index (χ4n) is 3.79. The first-order chi connectivity index (χ1) is 11.5. The second-order valence-corrected chi connectivity index (χ2v) is 6.80. The maximum Gasteiger partial charge on any atom is 0.159 e. The first kappa shape index (κ1) is 15.3. The van der Waals surface area contributed by atoms with Crippen molar-refractivity contribution in [3.8, 4) is 0 Å². The highest BCUT2D eigenvalue weighted by Crippen LogP contribution is 2.42. The lowest BCUT2D eigenvalue weighted by atomic mass is 9.93. The molecule has 1 aromatic heterocycles. The van der Waals surface area contributed by atoms with Crippen molar-refractivity contribution in [1.29, 1.82) is 0 Å². The zero-order chi connectivity index (χ0) is 17.0. The van der Waals surface area contributed by atoms with E-state index in [1.54, 1.807) is 4.57 Å². The molecule has 2 unspecified atom stereocenters. The van der Waals surface area contributed by atoms with Gasteiger partial charge in [0.2, 0.25) is 0 Å². The molecule has 1 nitrogen and oxygen atoms in total. The lowest BCUT2D eigenvalue weighted by Gasteiger charge is -2.24. The summed E-state index contributed by atoms with van der Waals surface area (Å²) in [6.45, 7) is 4.13. The van der Waals surface area contributed by atoms with E-state index in [2.05, 4.69) is 19.1 Å². The number of nitrogens with zero attached hydrogens (tertiary/aromatic N) is 1. The minimum absolute atomic E-state index is 0.160. The van der Waals surface area contributed by atoms with Crippen molar-refractivity contribution in [3.63, 3.8) is 0 Å². The summed E-state index contributed by atoms with van der Waals surface area (Å²) < 4.78 is 43.8. The molecular formula is C20H18F3N. The van der Waals surface area contributed by atoms with Gasteiger partial charge in [-0.15, -0.1) is 0 Å². The Kier molecular flexibility index (Phi) is 3.44. The van der Waals surface area contributed by atoms with Gasteiger partial charge in [-0.2, -0.15) is 0 Å². The third-order valence-electron chi connectivity index (χ3n) is 4.92. The summed E-state index contributed by atoms with van der Waals surface area (Å²) >= 11 is 0. The summed E-state index contributed by atoms with van der Waals surface area (Å²) in [6, 6.07) is 4.97. The minimum atomic E-state index is -1.11. The smallest absolute Gasteiger partial charge is 0.159 e. The Balaban J connectivity index is 2.01. The highest BCUT2D eigenvalue weighted by atomic mass is 19.2. The molecule has 0 spiro atoms. The van der Waals surface area contributed by atoms with Crippen molar-refractivity contribution in [2.45, 2.75) is 32.7 Å². The van der Waals surface area contributed by atoms with Crippen LogP contribution in [0.3, 0.4) is 0 Å². The van der Waals surface area contributed by atoms with Gasteiger partial charge in [0.05, 0.1) is 6.04 Å². The zero-order valence-electron chi connectivity index (χ0n) is 13.6. The maximum absolute atomic E-state index is 14.5. The average Bonchev–Trinajstić information content (AvgIpc) is 2.84. The molecule has 24 heavy (non-hydrogen) atoms. The van der Waals surface area contributed by atoms with E-state index < -0.39 is 23.5 Å². The summed E-state index contributed by atoms with van der Waals surface area (Å²) in [7, 11) is 0. The molecule has 0 bridgehead atoms. The van der Waals surface area contributed by atoms with Crippen LogP contribution in [0.15, 0.2) is 47.8 Å². The van der Waals surface area contributed by atoms with Crippen molar-refractivity contribution in [3.05, 3.63) is 64.7 Å². The number of aryl methyl sites for hydroxylation is 1. The largest absolute Gasteiger partial charge is 0.330 e. The van der Waals surface area contributed by atoms with E-state index in [1.807, 2.05) is 25.1 Å². The third-order valence-corrected chi connectivity index (χ3v) is 4.92. The Morgan fingerprint density at radius 3 is 2.71 bits per heavy atom. The number of fused-ring (bicyclic) bond motifs is 3. The molecule has 0 aliphatic heterocycles. The van der Waals surface area contributed by atoms with Gasteiger partial charge in [-0.25, -0.2) is 13.2 Å². The number of aromatic nitrogens is 1. The Morgan fingerprint density at radius 1 is 1.12 bits per heavy atom. The number of benzene rings is 1. The zero-order valence-corrected chi connectivity index (χ0v) is 13.6. The molecule has 0 saturated carbocycles. The summed E-state index contributed by atoms with van der Waals surface area (Å²) in [6.07, 6.45) is 5.36. The molecule has 0 saturated heterocycles. The van der Waals surface area contributed by atoms with Gasteiger partial charge in [-0.1, -0.05) is 24.6 Å². The Bertz CT molecular complexity index is 930. The molecule has 2 aliphatic rings. The summed E-state index contributed by atoms with van der Waals surface area (Å²) in [4.78, 5) is 0. The Labute approximate surface area is 138 Å². The van der Waals surface area contributed by atoms with Crippen LogP contribution in [0, 0.1) is 12.8 Å². The number of rotatable bonds is 1. The Morgan fingerprint density at radius 2 is 1.92 bits per heavy atom. The van der Waals surface area contributed by atoms with Crippen LogP contribution in [0.2, 0.25) is 0 Å². The van der Waals surface area contributed by atoms with E-state index in [0.29, 0.717) is 12.0 Å². The predicted octanol–water partition coefficient (Wildman–Crippen LogP) is 6.10. The van der Waals surface area contributed by atoms with Crippen molar-refractivity contribution >= 4 is 17.0 Å². The molecule has 0 fully saturated rings. The van der Waals surface area contributed by atoms with E-state index in [9.17, 15) is 13.2 Å². The van der Waals surface area contributed by atoms with Crippen molar-refractivity contribution in [1.82, 2.24) is 4.57 Å². The molecule has 0 amide bonds. The van der Waals surface area contributed by atoms with E-state index in [1.165, 1.54) is 0 Å². The van der Waals surface area contributed by atoms with Crippen LogP contribution in [0.25, 0.3) is 17.0 Å². The second kappa shape index (κ2) is 5.40. The van der Waals surface area contributed by atoms with Crippen LogP contribution < -0.4 is 0 Å². The summed E-state index contributed by atoms with van der Waals surface area (Å²) in [5.74, 6) is -2.25. The molecule has 4 heteroatoms. The van der Waals surface area contributed by atoms with Crippen LogP contribution in [0.1, 0.15) is 36.2 Å². The molecule has 0 N–H and O–H groups in total. The standard InChI is InChI=1S/C20H18F3N/c1-11-3-5-17-14(7-11)15-8-12(2)4-6-18(15)24(17)19-10-13(21)9-16(22)20(19)23/h3-7,9,12,19H,8,10H2,1-2H3. The molecule has 0 radical (unpaired) electrons. The highest BCUT2D eigenvalue weighted by Gasteiger charge is 2.31. The molecule has 4 rings (SSSR count). The number of hydrogen-bond donors (Lipinski definition) is 0. The molecule has 124 valence electrons. The molecule has 2 aliphatic carbocycles. The van der Waals surface area contributed by atoms with E-state index in [0.717, 1.165) is 34.1 Å². The first-order valence-corrected chi connectivity index (χ1v) is 8.18. The van der Waals surface area contributed by atoms with Gasteiger partial charge in [0.1, 0.15) is 5.83 Å². The monoisotopic (exact) mass is 329 g/mol. The summed E-state index contributed by atoms with van der Waals surface area (Å²) in [5, 5.41) is 1.05. The van der Waals surface area contributed by atoms with Gasteiger partial charge in [0.25, 0.3) is 0 Å². The number of allylic oxidation sites excluding steroid dienone is 5. The lowest BCUT2D eigenvalue weighted by molar-refractivity contribution is 0.385. The van der Waals surface area contributed by atoms with Gasteiger partial charge in [-0.05, 0) is 43.0 Å². The predicted molar refractivity (Wildman–Crippen MR) is 90.7 cm³/mol. The Hall–Kier alpha value is -2.23. The molecular weight excluding hydrogens is 311 g/mol. The van der Waals surface area contributed by atoms with Crippen molar-refractivity contribution in [2.75, 3.05) is 0 Å². The van der Waals surface area contributed by atoms with Gasteiger partial charge in [-0.3, -0.25) is 0 Å². The minimum Gasteiger partial charge on any atom is -0.330 e. The maximum atomic E-state index is 14.5. The third kappa shape index (κ3) is 2.24. The van der Waals surface area contributed by atoms with E-state index in [4.69, 9.17) is 0 Å².